The summed E-state index contributed by atoms with van der Waals surface area (Å²) >= 11 is 0. The molecule has 0 heterocycles. The Morgan fingerprint density at radius 1 is 1.24 bits per heavy atom. The molecule has 0 bridgehead atoms. The quantitative estimate of drug-likeness (QED) is 0.665. The molecule has 2 aromatic rings. The molecule has 5 nitrogen and oxygen atoms in total. The zero-order valence-electron chi connectivity index (χ0n) is 11.7. The minimum atomic E-state index is -0.649. The van der Waals surface area contributed by atoms with Crippen LogP contribution in [0.15, 0.2) is 30.3 Å². The lowest BCUT2D eigenvalue weighted by atomic mass is 10.1. The van der Waals surface area contributed by atoms with Gasteiger partial charge >= 0.3 is 0 Å². The minimum Gasteiger partial charge on any atom is -0.507 e. The van der Waals surface area contributed by atoms with Crippen molar-refractivity contribution in [2.45, 2.75) is 20.4 Å². The number of hydrogen-bond donors (Lipinski definition) is 2. The molecular weight excluding hydrogens is 275 g/mol. The molecular formula is C15H15FN2O3. The van der Waals surface area contributed by atoms with E-state index in [9.17, 15) is 19.6 Å². The monoisotopic (exact) mass is 290 g/mol. The fraction of sp³-hybridized carbons (Fsp3) is 0.200. The molecule has 2 aromatic carbocycles. The normalized spacial score (nSPS) is 10.4. The van der Waals surface area contributed by atoms with E-state index >= 15 is 0 Å². The Morgan fingerprint density at radius 2 is 1.86 bits per heavy atom. The number of aromatic hydroxyl groups is 1. The van der Waals surface area contributed by atoms with Crippen LogP contribution in [0.25, 0.3) is 0 Å². The van der Waals surface area contributed by atoms with Crippen LogP contribution >= 0.6 is 0 Å². The fourth-order valence-electron chi connectivity index (χ4n) is 2.15. The molecule has 110 valence electrons. The van der Waals surface area contributed by atoms with E-state index in [1.165, 1.54) is 12.1 Å². The minimum absolute atomic E-state index is 0.242. The summed E-state index contributed by atoms with van der Waals surface area (Å²) < 4.78 is 13.1. The fourth-order valence-corrected chi connectivity index (χ4v) is 2.15. The predicted octanol–water partition coefficient (Wildman–Crippen LogP) is 3.67. The van der Waals surface area contributed by atoms with Gasteiger partial charge in [0.05, 0.1) is 11.0 Å². The molecule has 0 unspecified atom stereocenters. The molecule has 0 spiro atoms. The third-order valence-corrected chi connectivity index (χ3v) is 3.19. The van der Waals surface area contributed by atoms with Crippen LogP contribution in [0.5, 0.6) is 5.75 Å². The van der Waals surface area contributed by atoms with Gasteiger partial charge in [0.25, 0.3) is 5.69 Å². The number of aryl methyl sites for hydroxylation is 2. The van der Waals surface area contributed by atoms with E-state index in [0.717, 1.165) is 22.8 Å². The number of nitro benzene ring substituents is 1. The van der Waals surface area contributed by atoms with E-state index in [-0.39, 0.29) is 17.1 Å². The van der Waals surface area contributed by atoms with Crippen molar-refractivity contribution in [3.8, 4) is 5.75 Å². The van der Waals surface area contributed by atoms with E-state index in [0.29, 0.717) is 6.54 Å². The SMILES string of the molecule is Cc1cc(CNc2ccc(F)cc2[N+](=O)[O-])cc(C)c1O. The first-order chi connectivity index (χ1) is 9.88. The zero-order valence-corrected chi connectivity index (χ0v) is 11.7. The maximum absolute atomic E-state index is 13.1. The van der Waals surface area contributed by atoms with Crippen LogP contribution < -0.4 is 5.32 Å². The number of rotatable bonds is 4. The summed E-state index contributed by atoms with van der Waals surface area (Å²) in [5.41, 5.74) is 2.30. The largest absolute Gasteiger partial charge is 0.507 e. The van der Waals surface area contributed by atoms with Crippen LogP contribution in [0.2, 0.25) is 0 Å². The van der Waals surface area contributed by atoms with Gasteiger partial charge in [0.1, 0.15) is 17.3 Å². The molecule has 0 aromatic heterocycles. The number of nitrogens with one attached hydrogen (secondary N) is 1. The Balaban J connectivity index is 2.22. The van der Waals surface area contributed by atoms with Crippen LogP contribution in [0.4, 0.5) is 15.8 Å². The molecule has 2 rings (SSSR count). The summed E-state index contributed by atoms with van der Waals surface area (Å²) in [6.07, 6.45) is 0. The molecule has 0 saturated carbocycles. The molecule has 0 aliphatic heterocycles. The highest BCUT2D eigenvalue weighted by Crippen LogP contribution is 2.27. The molecule has 0 aliphatic carbocycles. The summed E-state index contributed by atoms with van der Waals surface area (Å²) in [6, 6.07) is 6.99. The Labute approximate surface area is 121 Å². The van der Waals surface area contributed by atoms with Gasteiger partial charge in [0.15, 0.2) is 0 Å². The van der Waals surface area contributed by atoms with Gasteiger partial charge < -0.3 is 10.4 Å². The summed E-state index contributed by atoms with van der Waals surface area (Å²) in [5, 5.41) is 23.5. The maximum atomic E-state index is 13.1. The number of nitrogens with zero attached hydrogens (tertiary/aromatic N) is 1. The molecule has 0 amide bonds. The zero-order chi connectivity index (χ0) is 15.6. The van der Waals surface area contributed by atoms with Crippen molar-refractivity contribution in [2.24, 2.45) is 0 Å². The van der Waals surface area contributed by atoms with E-state index in [4.69, 9.17) is 0 Å². The van der Waals surface area contributed by atoms with Gasteiger partial charge in [0.2, 0.25) is 0 Å². The van der Waals surface area contributed by atoms with Crippen molar-refractivity contribution in [3.63, 3.8) is 0 Å². The lowest BCUT2D eigenvalue weighted by molar-refractivity contribution is -0.384. The van der Waals surface area contributed by atoms with Crippen LogP contribution in [0.3, 0.4) is 0 Å². The van der Waals surface area contributed by atoms with Crippen molar-refractivity contribution in [1.29, 1.82) is 0 Å². The van der Waals surface area contributed by atoms with Gasteiger partial charge in [-0.3, -0.25) is 10.1 Å². The van der Waals surface area contributed by atoms with Crippen LogP contribution in [-0.2, 0) is 6.54 Å². The van der Waals surface area contributed by atoms with Gasteiger partial charge in [0, 0.05) is 6.54 Å². The first-order valence-electron chi connectivity index (χ1n) is 6.35. The van der Waals surface area contributed by atoms with Crippen LogP contribution in [-0.4, -0.2) is 10.0 Å². The molecule has 6 heteroatoms. The number of anilines is 1. The molecule has 21 heavy (non-hydrogen) atoms. The summed E-state index contributed by atoms with van der Waals surface area (Å²) in [7, 11) is 0. The van der Waals surface area contributed by atoms with Crippen molar-refractivity contribution < 1.29 is 14.4 Å². The number of hydrogen-bond acceptors (Lipinski definition) is 4. The van der Waals surface area contributed by atoms with Crippen molar-refractivity contribution in [1.82, 2.24) is 0 Å². The van der Waals surface area contributed by atoms with Gasteiger partial charge in [-0.15, -0.1) is 0 Å². The molecule has 0 atom stereocenters. The standard InChI is InChI=1S/C15H15FN2O3/c1-9-5-11(6-10(2)15(9)19)8-17-13-4-3-12(16)7-14(13)18(20)21/h3-7,17,19H,8H2,1-2H3. The number of phenols is 1. The average Bonchev–Trinajstić information content (AvgIpc) is 2.43. The maximum Gasteiger partial charge on any atom is 0.295 e. The van der Waals surface area contributed by atoms with E-state index in [1.54, 1.807) is 26.0 Å². The third-order valence-electron chi connectivity index (χ3n) is 3.19. The number of nitro groups is 1. The smallest absolute Gasteiger partial charge is 0.295 e. The average molecular weight is 290 g/mol. The van der Waals surface area contributed by atoms with Gasteiger partial charge in [-0.25, -0.2) is 4.39 Å². The first kappa shape index (κ1) is 14.8. The van der Waals surface area contributed by atoms with E-state index in [1.807, 2.05) is 0 Å². The molecule has 0 fully saturated rings. The second-order valence-electron chi connectivity index (χ2n) is 4.85. The number of halogens is 1. The Morgan fingerprint density at radius 3 is 2.43 bits per heavy atom. The Kier molecular flexibility index (Phi) is 4.07. The van der Waals surface area contributed by atoms with E-state index < -0.39 is 10.7 Å². The van der Waals surface area contributed by atoms with Gasteiger partial charge in [-0.1, -0.05) is 12.1 Å². The highest BCUT2D eigenvalue weighted by atomic mass is 19.1. The van der Waals surface area contributed by atoms with Crippen LogP contribution in [0.1, 0.15) is 16.7 Å². The Hall–Kier alpha value is -2.63. The van der Waals surface area contributed by atoms with Gasteiger partial charge in [-0.2, -0.15) is 0 Å². The van der Waals surface area contributed by atoms with Gasteiger partial charge in [-0.05, 0) is 42.7 Å². The Bertz CT molecular complexity index is 678. The van der Waals surface area contributed by atoms with Crippen molar-refractivity contribution in [2.75, 3.05) is 5.32 Å². The molecule has 0 aliphatic rings. The molecule has 0 saturated heterocycles. The van der Waals surface area contributed by atoms with E-state index in [2.05, 4.69) is 5.32 Å². The summed E-state index contributed by atoms with van der Waals surface area (Å²) in [4.78, 5) is 10.3. The first-order valence-corrected chi connectivity index (χ1v) is 6.35. The molecule has 2 N–H and O–H groups in total. The highest BCUT2D eigenvalue weighted by molar-refractivity contribution is 5.61. The second kappa shape index (κ2) is 5.78. The van der Waals surface area contributed by atoms with Crippen LogP contribution in [0, 0.1) is 29.8 Å². The number of phenolic OH excluding ortho intramolecular Hbond substituents is 1. The highest BCUT2D eigenvalue weighted by Gasteiger charge is 2.14. The lowest BCUT2D eigenvalue weighted by Gasteiger charge is -2.10. The third kappa shape index (κ3) is 3.28. The predicted molar refractivity (Wildman–Crippen MR) is 78.0 cm³/mol. The number of benzene rings is 2. The van der Waals surface area contributed by atoms with Crippen molar-refractivity contribution in [3.05, 3.63) is 63.0 Å². The summed E-state index contributed by atoms with van der Waals surface area (Å²) in [5.74, 6) is -0.407. The topological polar surface area (TPSA) is 75.4 Å². The summed E-state index contributed by atoms with van der Waals surface area (Å²) in [6.45, 7) is 3.91. The second-order valence-corrected chi connectivity index (χ2v) is 4.85. The lowest BCUT2D eigenvalue weighted by Crippen LogP contribution is -2.03. The van der Waals surface area contributed by atoms with Crippen molar-refractivity contribution >= 4 is 11.4 Å². The molecule has 0 radical (unpaired) electrons.